The Labute approximate surface area is 206 Å². The van der Waals surface area contributed by atoms with Crippen molar-refractivity contribution in [1.82, 2.24) is 4.72 Å². The number of ether oxygens (including phenoxy) is 1. The van der Waals surface area contributed by atoms with Gasteiger partial charge < -0.3 is 9.15 Å². The lowest BCUT2D eigenvalue weighted by atomic mass is 10.0. The molecule has 0 aliphatic carbocycles. The van der Waals surface area contributed by atoms with Gasteiger partial charge in [-0.25, -0.2) is 18.0 Å². The number of unbranched alkanes of at least 4 members (excludes halogenated alkanes) is 1. The number of sulfonamides is 1. The number of carbonyl (C=O) groups is 1. The zero-order valence-electron chi connectivity index (χ0n) is 20.9. The minimum atomic E-state index is -3.93. The Morgan fingerprint density at radius 2 is 1.77 bits per heavy atom. The minimum absolute atomic E-state index is 0.0325. The number of nitrogens with one attached hydrogen (secondary N) is 1. The fraction of sp³-hybridized carbons (Fsp3) is 0.407. The molecule has 0 saturated carbocycles. The summed E-state index contributed by atoms with van der Waals surface area (Å²) in [5, 5.41) is 0.800. The Morgan fingerprint density at radius 3 is 2.40 bits per heavy atom. The van der Waals surface area contributed by atoms with Gasteiger partial charge in [0, 0.05) is 17.0 Å². The molecule has 1 aromatic heterocycles. The molecule has 0 aliphatic rings. The average Bonchev–Trinajstić information content (AvgIpc) is 2.79. The van der Waals surface area contributed by atoms with E-state index in [2.05, 4.69) is 11.6 Å². The van der Waals surface area contributed by atoms with E-state index in [-0.39, 0.29) is 23.0 Å². The summed E-state index contributed by atoms with van der Waals surface area (Å²) in [6.45, 7) is 9.45. The molecule has 0 spiro atoms. The average molecular weight is 500 g/mol. The van der Waals surface area contributed by atoms with Crippen molar-refractivity contribution in [2.24, 2.45) is 5.92 Å². The molecule has 3 aromatic rings. The van der Waals surface area contributed by atoms with E-state index in [1.807, 2.05) is 20.8 Å². The van der Waals surface area contributed by atoms with Crippen LogP contribution in [0.25, 0.3) is 11.0 Å². The van der Waals surface area contributed by atoms with Crippen LogP contribution in [-0.4, -0.2) is 20.4 Å². The number of benzene rings is 2. The lowest BCUT2D eigenvalue weighted by Gasteiger charge is -2.20. The van der Waals surface area contributed by atoms with Gasteiger partial charge in [0.05, 0.1) is 4.90 Å². The predicted octanol–water partition coefficient (Wildman–Crippen LogP) is 5.05. The summed E-state index contributed by atoms with van der Waals surface area (Å²) in [4.78, 5) is 25.4. The topological polar surface area (TPSA) is 103 Å². The summed E-state index contributed by atoms with van der Waals surface area (Å²) >= 11 is 0. The van der Waals surface area contributed by atoms with Crippen LogP contribution in [-0.2, 0) is 21.2 Å². The van der Waals surface area contributed by atoms with Crippen molar-refractivity contribution in [3.05, 3.63) is 69.6 Å². The van der Waals surface area contributed by atoms with Crippen molar-refractivity contribution in [1.29, 1.82) is 0 Å². The molecule has 0 saturated heterocycles. The first-order valence-electron chi connectivity index (χ1n) is 11.9. The summed E-state index contributed by atoms with van der Waals surface area (Å²) in [5.41, 5.74) is 2.24. The number of hydrogen-bond acceptors (Lipinski definition) is 6. The number of rotatable bonds is 10. The van der Waals surface area contributed by atoms with Crippen molar-refractivity contribution in [2.75, 3.05) is 0 Å². The maximum Gasteiger partial charge on any atom is 0.336 e. The Bertz CT molecular complexity index is 1360. The molecule has 0 radical (unpaired) electrons. The van der Waals surface area contributed by atoms with Crippen molar-refractivity contribution >= 4 is 27.0 Å². The van der Waals surface area contributed by atoms with Gasteiger partial charge in [0.1, 0.15) is 17.4 Å². The van der Waals surface area contributed by atoms with Crippen molar-refractivity contribution < 1.29 is 22.4 Å². The van der Waals surface area contributed by atoms with E-state index in [1.165, 1.54) is 18.2 Å². The van der Waals surface area contributed by atoms with E-state index in [9.17, 15) is 18.0 Å². The molecule has 1 heterocycles. The van der Waals surface area contributed by atoms with E-state index < -0.39 is 27.7 Å². The van der Waals surface area contributed by atoms with Gasteiger partial charge in [0.2, 0.25) is 10.0 Å². The zero-order chi connectivity index (χ0) is 25.8. The molecule has 8 heteroatoms. The lowest BCUT2D eigenvalue weighted by molar-refractivity contribution is -0.136. The standard InChI is InChI=1S/C27H33NO6S/c1-6-7-8-20-16-25(29)34-26-19(5)24(14-13-22(20)26)33-27(30)23(15-17(2)3)28-35(31,32)21-11-9-18(4)10-12-21/h9-14,16-17,23,28H,6-8,15H2,1-5H3/t23-/m0/s1. The SMILES string of the molecule is CCCCc1cc(=O)oc2c(C)c(OC(=O)[C@H](CC(C)C)NS(=O)(=O)c3ccc(C)cc3)ccc12. The summed E-state index contributed by atoms with van der Waals surface area (Å²) in [6.07, 6.45) is 2.93. The largest absolute Gasteiger partial charge is 0.425 e. The highest BCUT2D eigenvalue weighted by atomic mass is 32.2. The summed E-state index contributed by atoms with van der Waals surface area (Å²) in [5.74, 6) is -0.465. The number of hydrogen-bond donors (Lipinski definition) is 1. The van der Waals surface area contributed by atoms with E-state index in [4.69, 9.17) is 9.15 Å². The monoisotopic (exact) mass is 499 g/mol. The van der Waals surface area contributed by atoms with Gasteiger partial charge >= 0.3 is 11.6 Å². The minimum Gasteiger partial charge on any atom is -0.425 e. The summed E-state index contributed by atoms with van der Waals surface area (Å²) in [6, 6.07) is 10.2. The highest BCUT2D eigenvalue weighted by molar-refractivity contribution is 7.89. The second-order valence-electron chi connectivity index (χ2n) is 9.30. The summed E-state index contributed by atoms with van der Waals surface area (Å²) < 4.78 is 39.5. The molecule has 1 N–H and O–H groups in total. The van der Waals surface area contributed by atoms with E-state index in [0.29, 0.717) is 11.1 Å². The van der Waals surface area contributed by atoms with Gasteiger partial charge in [-0.1, -0.05) is 44.9 Å². The van der Waals surface area contributed by atoms with E-state index in [1.54, 1.807) is 31.2 Å². The van der Waals surface area contributed by atoms with Crippen molar-refractivity contribution in [2.45, 2.75) is 71.2 Å². The quantitative estimate of drug-likeness (QED) is 0.238. The molecular weight excluding hydrogens is 466 g/mol. The van der Waals surface area contributed by atoms with Crippen molar-refractivity contribution in [3.8, 4) is 5.75 Å². The fourth-order valence-corrected chi connectivity index (χ4v) is 5.11. The third kappa shape index (κ3) is 6.58. The molecule has 7 nitrogen and oxygen atoms in total. The van der Waals surface area contributed by atoms with E-state index in [0.717, 1.165) is 35.8 Å². The van der Waals surface area contributed by atoms with E-state index >= 15 is 0 Å². The molecule has 0 aliphatic heterocycles. The number of carbonyl (C=O) groups excluding carboxylic acids is 1. The van der Waals surface area contributed by atoms with Crippen LogP contribution in [0.1, 0.15) is 56.7 Å². The van der Waals surface area contributed by atoms with Crippen LogP contribution >= 0.6 is 0 Å². The smallest absolute Gasteiger partial charge is 0.336 e. The molecule has 188 valence electrons. The molecule has 2 aromatic carbocycles. The normalized spacial score (nSPS) is 12.7. The van der Waals surface area contributed by atoms with Crippen LogP contribution in [0.2, 0.25) is 0 Å². The van der Waals surface area contributed by atoms with Gasteiger partial charge in [-0.05, 0) is 68.9 Å². The Kier molecular flexibility index (Phi) is 8.51. The third-order valence-electron chi connectivity index (χ3n) is 5.83. The number of esters is 1. The van der Waals surface area contributed by atoms with Crippen LogP contribution in [0.3, 0.4) is 0 Å². The number of aryl methyl sites for hydroxylation is 3. The molecule has 0 amide bonds. The Balaban J connectivity index is 1.91. The summed E-state index contributed by atoms with van der Waals surface area (Å²) in [7, 11) is -3.93. The van der Waals surface area contributed by atoms with Gasteiger partial charge in [0.15, 0.2) is 0 Å². The van der Waals surface area contributed by atoms with Crippen LogP contribution in [0.15, 0.2) is 56.6 Å². The third-order valence-corrected chi connectivity index (χ3v) is 7.32. The highest BCUT2D eigenvalue weighted by Gasteiger charge is 2.29. The Morgan fingerprint density at radius 1 is 1.09 bits per heavy atom. The molecule has 0 bridgehead atoms. The Hall–Kier alpha value is -2.97. The van der Waals surface area contributed by atoms with Gasteiger partial charge in [-0.15, -0.1) is 0 Å². The lowest BCUT2D eigenvalue weighted by Crippen LogP contribution is -2.43. The van der Waals surface area contributed by atoms with Crippen LogP contribution in [0.4, 0.5) is 0 Å². The molecule has 1 atom stereocenters. The van der Waals surface area contributed by atoms with Gasteiger partial charge in [-0.2, -0.15) is 4.72 Å². The maximum atomic E-state index is 13.1. The van der Waals surface area contributed by atoms with Crippen LogP contribution < -0.4 is 15.1 Å². The van der Waals surface area contributed by atoms with Crippen LogP contribution in [0, 0.1) is 19.8 Å². The van der Waals surface area contributed by atoms with Gasteiger partial charge in [-0.3, -0.25) is 0 Å². The highest BCUT2D eigenvalue weighted by Crippen LogP contribution is 2.29. The molecule has 3 rings (SSSR count). The zero-order valence-corrected chi connectivity index (χ0v) is 21.7. The number of fused-ring (bicyclic) bond motifs is 1. The second kappa shape index (κ2) is 11.2. The maximum absolute atomic E-state index is 13.1. The first-order chi connectivity index (χ1) is 16.5. The van der Waals surface area contributed by atoms with Crippen LogP contribution in [0.5, 0.6) is 5.75 Å². The first kappa shape index (κ1) is 26.6. The molecule has 0 unspecified atom stereocenters. The molecule has 35 heavy (non-hydrogen) atoms. The second-order valence-corrected chi connectivity index (χ2v) is 11.0. The molecule has 0 fully saturated rings. The molecular formula is C27H33NO6S. The van der Waals surface area contributed by atoms with Gasteiger partial charge in [0.25, 0.3) is 0 Å². The van der Waals surface area contributed by atoms with Crippen molar-refractivity contribution in [3.63, 3.8) is 0 Å². The first-order valence-corrected chi connectivity index (χ1v) is 13.4. The fourth-order valence-electron chi connectivity index (χ4n) is 3.91. The predicted molar refractivity (Wildman–Crippen MR) is 136 cm³/mol.